The molecule has 0 atom stereocenters. The minimum Gasteiger partial charge on any atom is -0.375 e. The molecular formula is C21H25N5O. The quantitative estimate of drug-likeness (QED) is 0.594. The molecule has 0 aliphatic rings. The third kappa shape index (κ3) is 5.41. The molecule has 3 aromatic rings. The van der Waals surface area contributed by atoms with Crippen molar-refractivity contribution in [3.8, 4) is 5.69 Å². The van der Waals surface area contributed by atoms with Gasteiger partial charge in [0.2, 0.25) is 5.91 Å². The monoisotopic (exact) mass is 363 g/mol. The maximum absolute atomic E-state index is 12.1. The van der Waals surface area contributed by atoms with E-state index in [1.165, 1.54) is 5.69 Å². The van der Waals surface area contributed by atoms with Crippen molar-refractivity contribution in [1.82, 2.24) is 20.1 Å². The normalized spacial score (nSPS) is 10.6. The van der Waals surface area contributed by atoms with E-state index in [2.05, 4.69) is 39.6 Å². The zero-order valence-electron chi connectivity index (χ0n) is 15.6. The van der Waals surface area contributed by atoms with Gasteiger partial charge in [0.25, 0.3) is 0 Å². The fourth-order valence-corrected chi connectivity index (χ4v) is 2.90. The average Bonchev–Trinajstić information content (AvgIpc) is 3.19. The highest BCUT2D eigenvalue weighted by Gasteiger charge is 2.09. The van der Waals surface area contributed by atoms with Gasteiger partial charge in [0.1, 0.15) is 12.2 Å². The van der Waals surface area contributed by atoms with Gasteiger partial charge in [-0.1, -0.05) is 36.4 Å². The van der Waals surface area contributed by atoms with Crippen LogP contribution in [0.2, 0.25) is 0 Å². The Morgan fingerprint density at radius 1 is 1.07 bits per heavy atom. The third-order valence-corrected chi connectivity index (χ3v) is 4.42. The number of aromatic nitrogens is 3. The van der Waals surface area contributed by atoms with E-state index in [9.17, 15) is 4.79 Å². The van der Waals surface area contributed by atoms with Crippen molar-refractivity contribution in [1.29, 1.82) is 0 Å². The summed E-state index contributed by atoms with van der Waals surface area (Å²) >= 11 is 0. The first kappa shape index (κ1) is 18.6. The first-order valence-electron chi connectivity index (χ1n) is 9.21. The molecule has 0 spiro atoms. The Balaban J connectivity index is 1.39. The molecule has 0 aliphatic heterocycles. The topological polar surface area (TPSA) is 63.1 Å². The summed E-state index contributed by atoms with van der Waals surface area (Å²) in [5.41, 5.74) is 2.19. The predicted molar refractivity (Wildman–Crippen MR) is 107 cm³/mol. The molecule has 0 saturated carbocycles. The van der Waals surface area contributed by atoms with Crippen LogP contribution in [0.5, 0.6) is 0 Å². The first-order valence-corrected chi connectivity index (χ1v) is 9.21. The fourth-order valence-electron chi connectivity index (χ4n) is 2.90. The maximum Gasteiger partial charge on any atom is 0.220 e. The van der Waals surface area contributed by atoms with Gasteiger partial charge in [-0.2, -0.15) is 0 Å². The molecule has 2 aromatic carbocycles. The Hall–Kier alpha value is -3.15. The molecule has 140 valence electrons. The number of benzene rings is 2. The van der Waals surface area contributed by atoms with Gasteiger partial charge >= 0.3 is 0 Å². The summed E-state index contributed by atoms with van der Waals surface area (Å²) in [7, 11) is 2.06. The molecule has 0 aliphatic carbocycles. The van der Waals surface area contributed by atoms with Crippen LogP contribution in [0.15, 0.2) is 67.0 Å². The second-order valence-corrected chi connectivity index (χ2v) is 6.41. The van der Waals surface area contributed by atoms with Gasteiger partial charge < -0.3 is 10.2 Å². The van der Waals surface area contributed by atoms with Crippen molar-refractivity contribution in [3.05, 3.63) is 72.8 Å². The third-order valence-electron chi connectivity index (χ3n) is 4.42. The van der Waals surface area contributed by atoms with Gasteiger partial charge in [0.05, 0.1) is 0 Å². The highest BCUT2D eigenvalue weighted by molar-refractivity contribution is 5.76. The van der Waals surface area contributed by atoms with Crippen LogP contribution >= 0.6 is 0 Å². The van der Waals surface area contributed by atoms with Gasteiger partial charge in [-0.3, -0.25) is 9.36 Å². The molecule has 27 heavy (non-hydrogen) atoms. The van der Waals surface area contributed by atoms with Crippen LogP contribution in [0.25, 0.3) is 5.69 Å². The van der Waals surface area contributed by atoms with Gasteiger partial charge in [-0.25, -0.2) is 0 Å². The summed E-state index contributed by atoms with van der Waals surface area (Å²) in [4.78, 5) is 14.3. The number of amides is 1. The number of aryl methyl sites for hydroxylation is 1. The second-order valence-electron chi connectivity index (χ2n) is 6.41. The molecule has 0 bridgehead atoms. The Morgan fingerprint density at radius 2 is 1.78 bits per heavy atom. The standard InChI is InChI=1S/C21H25N5O/c1-25(18-9-4-2-5-10-18)16-8-15-22-21(27)14-13-20-24-23-17-26(20)19-11-6-3-7-12-19/h2-7,9-12,17H,8,13-16H2,1H3,(H,22,27). The average molecular weight is 363 g/mol. The zero-order chi connectivity index (χ0) is 18.9. The largest absolute Gasteiger partial charge is 0.375 e. The number of hydrogen-bond donors (Lipinski definition) is 1. The molecule has 6 heteroatoms. The van der Waals surface area contributed by atoms with E-state index in [0.29, 0.717) is 19.4 Å². The summed E-state index contributed by atoms with van der Waals surface area (Å²) in [6, 6.07) is 20.1. The van der Waals surface area contributed by atoms with Gasteiger partial charge in [0, 0.05) is 44.4 Å². The van der Waals surface area contributed by atoms with E-state index in [4.69, 9.17) is 0 Å². The van der Waals surface area contributed by atoms with Crippen molar-refractivity contribution >= 4 is 11.6 Å². The van der Waals surface area contributed by atoms with Crippen LogP contribution in [-0.4, -0.2) is 40.8 Å². The minimum atomic E-state index is 0.0416. The zero-order valence-corrected chi connectivity index (χ0v) is 15.6. The molecule has 6 nitrogen and oxygen atoms in total. The Labute approximate surface area is 159 Å². The van der Waals surface area contributed by atoms with E-state index < -0.39 is 0 Å². The molecular weight excluding hydrogens is 338 g/mol. The number of anilines is 1. The highest BCUT2D eigenvalue weighted by Crippen LogP contribution is 2.11. The lowest BCUT2D eigenvalue weighted by molar-refractivity contribution is -0.121. The van der Waals surface area contributed by atoms with Crippen LogP contribution in [0, 0.1) is 0 Å². The molecule has 3 rings (SSSR count). The summed E-state index contributed by atoms with van der Waals surface area (Å²) in [6.07, 6.45) is 3.55. The lowest BCUT2D eigenvalue weighted by Crippen LogP contribution is -2.28. The van der Waals surface area contributed by atoms with Crippen molar-refractivity contribution in [2.45, 2.75) is 19.3 Å². The number of carbonyl (C=O) groups is 1. The Morgan fingerprint density at radius 3 is 2.52 bits per heavy atom. The number of carbonyl (C=O) groups excluding carboxylic acids is 1. The lowest BCUT2D eigenvalue weighted by Gasteiger charge is -2.19. The highest BCUT2D eigenvalue weighted by atomic mass is 16.1. The fraction of sp³-hybridized carbons (Fsp3) is 0.286. The second kappa shape index (κ2) is 9.52. The molecule has 1 aromatic heterocycles. The van der Waals surface area contributed by atoms with Crippen molar-refractivity contribution in [3.63, 3.8) is 0 Å². The first-order chi connectivity index (χ1) is 13.2. The van der Waals surface area contributed by atoms with E-state index in [0.717, 1.165) is 24.5 Å². The number of nitrogens with one attached hydrogen (secondary N) is 1. The van der Waals surface area contributed by atoms with Crippen LogP contribution in [-0.2, 0) is 11.2 Å². The van der Waals surface area contributed by atoms with Gasteiger partial charge in [0.15, 0.2) is 0 Å². The van der Waals surface area contributed by atoms with E-state index in [-0.39, 0.29) is 5.91 Å². The van der Waals surface area contributed by atoms with Gasteiger partial charge in [-0.15, -0.1) is 10.2 Å². The molecule has 0 radical (unpaired) electrons. The summed E-state index contributed by atoms with van der Waals surface area (Å²) in [5, 5.41) is 11.1. The van der Waals surface area contributed by atoms with Crippen LogP contribution < -0.4 is 10.2 Å². The smallest absolute Gasteiger partial charge is 0.220 e. The van der Waals surface area contributed by atoms with Crippen LogP contribution in [0.1, 0.15) is 18.7 Å². The summed E-state index contributed by atoms with van der Waals surface area (Å²) in [6.45, 7) is 1.56. The number of hydrogen-bond acceptors (Lipinski definition) is 4. The van der Waals surface area contributed by atoms with E-state index in [1.54, 1.807) is 6.33 Å². The van der Waals surface area contributed by atoms with Crippen LogP contribution in [0.3, 0.4) is 0 Å². The molecule has 0 unspecified atom stereocenters. The van der Waals surface area contributed by atoms with E-state index in [1.807, 2.05) is 53.1 Å². The summed E-state index contributed by atoms with van der Waals surface area (Å²) < 4.78 is 1.92. The number of para-hydroxylation sites is 2. The van der Waals surface area contributed by atoms with Crippen molar-refractivity contribution < 1.29 is 4.79 Å². The number of rotatable bonds is 9. The van der Waals surface area contributed by atoms with Gasteiger partial charge in [-0.05, 0) is 30.7 Å². The van der Waals surface area contributed by atoms with Crippen molar-refractivity contribution in [2.24, 2.45) is 0 Å². The maximum atomic E-state index is 12.1. The lowest BCUT2D eigenvalue weighted by atomic mass is 10.2. The Bertz CT molecular complexity index is 832. The van der Waals surface area contributed by atoms with Crippen LogP contribution in [0.4, 0.5) is 5.69 Å². The molecule has 0 saturated heterocycles. The molecule has 1 amide bonds. The molecule has 0 fully saturated rings. The SMILES string of the molecule is CN(CCCNC(=O)CCc1nncn1-c1ccccc1)c1ccccc1. The van der Waals surface area contributed by atoms with E-state index >= 15 is 0 Å². The molecule has 1 heterocycles. The molecule has 1 N–H and O–H groups in total. The predicted octanol–water partition coefficient (Wildman–Crippen LogP) is 2.84. The minimum absolute atomic E-state index is 0.0416. The number of nitrogens with zero attached hydrogens (tertiary/aromatic N) is 4. The summed E-state index contributed by atoms with van der Waals surface area (Å²) in [5.74, 6) is 0.833. The van der Waals surface area contributed by atoms with Crippen molar-refractivity contribution in [2.75, 3.05) is 25.0 Å². The Kier molecular flexibility index (Phi) is 6.57.